The van der Waals surface area contributed by atoms with Crippen LogP contribution in [0.25, 0.3) is 0 Å². The molecule has 1 aliphatic rings. The highest BCUT2D eigenvalue weighted by molar-refractivity contribution is 7.86. The molecule has 100 valence electrons. The fourth-order valence-electron chi connectivity index (χ4n) is 2.52. The summed E-state index contributed by atoms with van der Waals surface area (Å²) in [7, 11) is -3.58. The van der Waals surface area contributed by atoms with E-state index in [4.69, 9.17) is 4.18 Å². The highest BCUT2D eigenvalue weighted by Crippen LogP contribution is 2.28. The molecule has 0 bridgehead atoms. The Balaban J connectivity index is 1.93. The highest BCUT2D eigenvalue weighted by atomic mass is 32.2. The first-order valence-corrected chi connectivity index (χ1v) is 7.95. The van der Waals surface area contributed by atoms with Crippen molar-refractivity contribution in [3.63, 3.8) is 0 Å². The topological polar surface area (TPSA) is 43.4 Å². The molecule has 1 saturated carbocycles. The van der Waals surface area contributed by atoms with Crippen LogP contribution in [0.2, 0.25) is 0 Å². The average molecular weight is 268 g/mol. The van der Waals surface area contributed by atoms with Crippen molar-refractivity contribution in [1.29, 1.82) is 0 Å². The number of hydrogen-bond donors (Lipinski definition) is 0. The van der Waals surface area contributed by atoms with E-state index in [2.05, 4.69) is 0 Å². The average Bonchev–Trinajstić information content (AvgIpc) is 2.82. The molecule has 1 fully saturated rings. The fraction of sp³-hybridized carbons (Fsp3) is 0.571. The molecule has 1 aromatic rings. The summed E-state index contributed by atoms with van der Waals surface area (Å²) < 4.78 is 29.1. The summed E-state index contributed by atoms with van der Waals surface area (Å²) >= 11 is 0. The third-order valence-electron chi connectivity index (χ3n) is 3.60. The largest absolute Gasteiger partial charge is 0.297 e. The van der Waals surface area contributed by atoms with E-state index in [1.54, 1.807) is 25.1 Å². The summed E-state index contributed by atoms with van der Waals surface area (Å²) in [6.07, 6.45) is 5.83. The maximum atomic E-state index is 12.0. The smallest absolute Gasteiger partial charge is 0.266 e. The van der Waals surface area contributed by atoms with Crippen molar-refractivity contribution in [3.05, 3.63) is 29.8 Å². The van der Waals surface area contributed by atoms with Gasteiger partial charge in [0.2, 0.25) is 0 Å². The van der Waals surface area contributed by atoms with Gasteiger partial charge in [-0.2, -0.15) is 8.42 Å². The molecule has 0 aliphatic heterocycles. The lowest BCUT2D eigenvalue weighted by molar-refractivity contribution is 0.282. The van der Waals surface area contributed by atoms with Crippen LogP contribution >= 0.6 is 0 Å². The van der Waals surface area contributed by atoms with Crippen LogP contribution in [0.5, 0.6) is 0 Å². The van der Waals surface area contributed by atoms with E-state index in [9.17, 15) is 8.42 Å². The Morgan fingerprint density at radius 3 is 2.56 bits per heavy atom. The lowest BCUT2D eigenvalue weighted by Gasteiger charge is -2.10. The van der Waals surface area contributed by atoms with Crippen molar-refractivity contribution in [3.8, 4) is 0 Å². The van der Waals surface area contributed by atoms with E-state index >= 15 is 0 Å². The first-order valence-electron chi connectivity index (χ1n) is 6.54. The molecule has 0 heterocycles. The van der Waals surface area contributed by atoms with Gasteiger partial charge in [-0.1, -0.05) is 43.9 Å². The van der Waals surface area contributed by atoms with Gasteiger partial charge in [0.1, 0.15) is 0 Å². The summed E-state index contributed by atoms with van der Waals surface area (Å²) in [5, 5.41) is 0. The number of aryl methyl sites for hydroxylation is 1. The van der Waals surface area contributed by atoms with Crippen molar-refractivity contribution in [2.75, 3.05) is 6.61 Å². The number of benzene rings is 1. The predicted molar refractivity (Wildman–Crippen MR) is 70.9 cm³/mol. The zero-order valence-electron chi connectivity index (χ0n) is 10.8. The fourth-order valence-corrected chi connectivity index (χ4v) is 3.67. The molecule has 0 saturated heterocycles. The molecule has 0 amide bonds. The number of hydrogen-bond acceptors (Lipinski definition) is 3. The van der Waals surface area contributed by atoms with Crippen LogP contribution in [-0.4, -0.2) is 15.0 Å². The Hall–Kier alpha value is -0.870. The van der Waals surface area contributed by atoms with E-state index in [0.717, 1.165) is 12.0 Å². The van der Waals surface area contributed by atoms with Gasteiger partial charge < -0.3 is 0 Å². The summed E-state index contributed by atoms with van der Waals surface area (Å²) in [6.45, 7) is 2.09. The van der Waals surface area contributed by atoms with Gasteiger partial charge in [-0.15, -0.1) is 0 Å². The summed E-state index contributed by atoms with van der Waals surface area (Å²) in [6, 6.07) is 6.93. The van der Waals surface area contributed by atoms with Crippen LogP contribution in [0.15, 0.2) is 29.2 Å². The van der Waals surface area contributed by atoms with Crippen LogP contribution in [0, 0.1) is 12.8 Å². The van der Waals surface area contributed by atoms with E-state index in [1.165, 1.54) is 25.7 Å². The van der Waals surface area contributed by atoms with Crippen molar-refractivity contribution >= 4 is 10.1 Å². The molecule has 0 unspecified atom stereocenters. The molecule has 3 nitrogen and oxygen atoms in total. The Labute approximate surface area is 109 Å². The third kappa shape index (κ3) is 3.33. The normalized spacial score (nSPS) is 17.2. The molecule has 0 atom stereocenters. The minimum absolute atomic E-state index is 0.288. The van der Waals surface area contributed by atoms with Gasteiger partial charge in [0.25, 0.3) is 10.1 Å². The van der Waals surface area contributed by atoms with E-state index in [-0.39, 0.29) is 4.90 Å². The van der Waals surface area contributed by atoms with Crippen LogP contribution < -0.4 is 0 Å². The van der Waals surface area contributed by atoms with Crippen molar-refractivity contribution in [2.45, 2.75) is 43.9 Å². The zero-order chi connectivity index (χ0) is 13.0. The third-order valence-corrected chi connectivity index (χ3v) is 5.08. The second-order valence-corrected chi connectivity index (χ2v) is 6.56. The lowest BCUT2D eigenvalue weighted by atomic mass is 10.1. The van der Waals surface area contributed by atoms with Crippen molar-refractivity contribution < 1.29 is 12.6 Å². The SMILES string of the molecule is Cc1ccccc1S(=O)(=O)OCCC1CCCC1. The molecule has 2 rings (SSSR count). The molecule has 4 heteroatoms. The van der Waals surface area contributed by atoms with Gasteiger partial charge in [0.15, 0.2) is 0 Å². The van der Waals surface area contributed by atoms with E-state index in [0.29, 0.717) is 12.5 Å². The minimum atomic E-state index is -3.58. The standard InChI is InChI=1S/C14H20O3S/c1-12-6-2-5-9-14(12)18(15,16)17-11-10-13-7-3-4-8-13/h2,5-6,9,13H,3-4,7-8,10-11H2,1H3. The van der Waals surface area contributed by atoms with Crippen LogP contribution in [0.4, 0.5) is 0 Å². The Kier molecular flexibility index (Phi) is 4.40. The van der Waals surface area contributed by atoms with Crippen molar-refractivity contribution in [1.82, 2.24) is 0 Å². The van der Waals surface area contributed by atoms with Crippen LogP contribution in [-0.2, 0) is 14.3 Å². The Bertz CT molecular complexity index is 488. The van der Waals surface area contributed by atoms with Gasteiger partial charge in [0.05, 0.1) is 11.5 Å². The second kappa shape index (κ2) is 5.85. The van der Waals surface area contributed by atoms with E-state index < -0.39 is 10.1 Å². The van der Waals surface area contributed by atoms with E-state index in [1.807, 2.05) is 6.07 Å². The molecule has 18 heavy (non-hydrogen) atoms. The minimum Gasteiger partial charge on any atom is -0.266 e. The molecule has 1 aromatic carbocycles. The molecule has 1 aliphatic carbocycles. The molecule has 0 spiro atoms. The van der Waals surface area contributed by atoms with Crippen LogP contribution in [0.3, 0.4) is 0 Å². The van der Waals surface area contributed by atoms with Gasteiger partial charge in [0, 0.05) is 0 Å². The molecule has 0 aromatic heterocycles. The zero-order valence-corrected chi connectivity index (χ0v) is 11.6. The highest BCUT2D eigenvalue weighted by Gasteiger charge is 2.19. The van der Waals surface area contributed by atoms with Gasteiger partial charge in [-0.25, -0.2) is 0 Å². The summed E-state index contributed by atoms with van der Waals surface area (Å²) in [5.41, 5.74) is 0.735. The maximum Gasteiger partial charge on any atom is 0.297 e. The Morgan fingerprint density at radius 1 is 1.22 bits per heavy atom. The summed E-state index contributed by atoms with van der Waals surface area (Å²) in [4.78, 5) is 0.288. The monoisotopic (exact) mass is 268 g/mol. The second-order valence-electron chi connectivity index (χ2n) is 4.98. The van der Waals surface area contributed by atoms with Crippen LogP contribution in [0.1, 0.15) is 37.7 Å². The van der Waals surface area contributed by atoms with Gasteiger partial charge in [-0.05, 0) is 30.9 Å². The van der Waals surface area contributed by atoms with Crippen molar-refractivity contribution in [2.24, 2.45) is 5.92 Å². The number of rotatable bonds is 5. The first-order chi connectivity index (χ1) is 8.59. The Morgan fingerprint density at radius 2 is 1.89 bits per heavy atom. The van der Waals surface area contributed by atoms with Gasteiger partial charge in [-0.3, -0.25) is 4.18 Å². The maximum absolute atomic E-state index is 12.0. The molecular weight excluding hydrogens is 248 g/mol. The summed E-state index contributed by atoms with van der Waals surface area (Å²) in [5.74, 6) is 0.650. The lowest BCUT2D eigenvalue weighted by Crippen LogP contribution is -2.11. The quantitative estimate of drug-likeness (QED) is 0.770. The molecule has 0 radical (unpaired) electrons. The predicted octanol–water partition coefficient (Wildman–Crippen LogP) is 3.28. The molecule has 0 N–H and O–H groups in total. The first kappa shape index (κ1) is 13.6. The molecular formula is C14H20O3S. The van der Waals surface area contributed by atoms with Gasteiger partial charge >= 0.3 is 0 Å².